The van der Waals surface area contributed by atoms with Crippen LogP contribution in [0.15, 0.2) is 30.3 Å². The lowest BCUT2D eigenvalue weighted by Crippen LogP contribution is -2.55. The molecule has 1 saturated heterocycles. The lowest BCUT2D eigenvalue weighted by atomic mass is 9.89. The van der Waals surface area contributed by atoms with Crippen molar-refractivity contribution in [2.24, 2.45) is 0 Å². The number of likely N-dealkylation sites (N-methyl/N-ethyl adjacent to an activating group) is 1. The van der Waals surface area contributed by atoms with E-state index >= 15 is 0 Å². The van der Waals surface area contributed by atoms with Gasteiger partial charge < -0.3 is 5.32 Å². The maximum Gasteiger partial charge on any atom is 0.425 e. The number of carbonyl (C=O) groups excluding carboxylic acids is 2. The molecule has 102 valence electrons. The Hall–Kier alpha value is -2.05. The first-order valence-corrected chi connectivity index (χ1v) is 5.61. The molecule has 1 fully saturated rings. The first-order chi connectivity index (χ1) is 8.84. The Labute approximate surface area is 107 Å². The van der Waals surface area contributed by atoms with E-state index in [2.05, 4.69) is 0 Å². The highest BCUT2D eigenvalue weighted by Crippen LogP contribution is 2.43. The van der Waals surface area contributed by atoms with Crippen molar-refractivity contribution in [3.8, 4) is 0 Å². The first-order valence-electron chi connectivity index (χ1n) is 5.61. The second-order valence-corrected chi connectivity index (χ2v) is 4.09. The molecule has 1 aliphatic rings. The summed E-state index contributed by atoms with van der Waals surface area (Å²) in [4.78, 5) is 24.1. The number of amides is 3. The Kier molecular flexibility index (Phi) is 3.00. The summed E-state index contributed by atoms with van der Waals surface area (Å²) in [5.41, 5.74) is -3.28. The van der Waals surface area contributed by atoms with Crippen molar-refractivity contribution in [3.63, 3.8) is 0 Å². The van der Waals surface area contributed by atoms with Crippen molar-refractivity contribution in [2.75, 3.05) is 6.54 Å². The van der Waals surface area contributed by atoms with Crippen molar-refractivity contribution in [3.05, 3.63) is 35.9 Å². The molecule has 0 saturated carbocycles. The van der Waals surface area contributed by atoms with Crippen LogP contribution in [0, 0.1) is 0 Å². The van der Waals surface area contributed by atoms with Gasteiger partial charge in [0.2, 0.25) is 5.54 Å². The summed E-state index contributed by atoms with van der Waals surface area (Å²) in [6.45, 7) is 1.32. The van der Waals surface area contributed by atoms with Crippen molar-refractivity contribution in [1.29, 1.82) is 0 Å². The van der Waals surface area contributed by atoms with Gasteiger partial charge in [0.25, 0.3) is 5.91 Å². The molecule has 0 spiro atoms. The van der Waals surface area contributed by atoms with Gasteiger partial charge in [-0.2, -0.15) is 13.2 Å². The van der Waals surface area contributed by atoms with Crippen LogP contribution in [0.25, 0.3) is 0 Å². The highest BCUT2D eigenvalue weighted by molar-refractivity contribution is 6.08. The molecule has 1 aliphatic heterocycles. The number of hydrogen-bond donors (Lipinski definition) is 1. The number of halogens is 3. The molecule has 1 aromatic rings. The molecule has 1 N–H and O–H groups in total. The number of imide groups is 1. The lowest BCUT2D eigenvalue weighted by molar-refractivity contribution is -0.198. The fourth-order valence-electron chi connectivity index (χ4n) is 2.10. The Morgan fingerprint density at radius 1 is 1.21 bits per heavy atom. The van der Waals surface area contributed by atoms with Crippen LogP contribution in [0.4, 0.5) is 18.0 Å². The molecule has 0 aromatic heterocycles. The predicted octanol–water partition coefficient (Wildman–Crippen LogP) is 2.02. The van der Waals surface area contributed by atoms with Gasteiger partial charge in [-0.05, 0) is 12.5 Å². The average molecular weight is 272 g/mol. The third kappa shape index (κ3) is 1.76. The van der Waals surface area contributed by atoms with Crippen molar-refractivity contribution in [2.45, 2.75) is 18.6 Å². The van der Waals surface area contributed by atoms with Crippen molar-refractivity contribution >= 4 is 11.9 Å². The first kappa shape index (κ1) is 13.4. The number of nitrogens with zero attached hydrogens (tertiary/aromatic N) is 1. The maximum absolute atomic E-state index is 13.4. The molecular formula is C12H11F3N2O2. The van der Waals surface area contributed by atoms with Gasteiger partial charge in [-0.15, -0.1) is 0 Å². The predicted molar refractivity (Wildman–Crippen MR) is 60.1 cm³/mol. The molecule has 1 heterocycles. The maximum atomic E-state index is 13.4. The van der Waals surface area contributed by atoms with Gasteiger partial charge in [0.05, 0.1) is 0 Å². The second-order valence-electron chi connectivity index (χ2n) is 4.09. The summed E-state index contributed by atoms with van der Waals surface area (Å²) in [5.74, 6) is -1.29. The minimum absolute atomic E-state index is 0.116. The van der Waals surface area contributed by atoms with E-state index in [0.717, 1.165) is 0 Å². The molecule has 3 amide bonds. The number of rotatable bonds is 2. The molecule has 19 heavy (non-hydrogen) atoms. The van der Waals surface area contributed by atoms with E-state index < -0.39 is 23.7 Å². The minimum Gasteiger partial charge on any atom is -0.312 e. The van der Waals surface area contributed by atoms with E-state index in [1.165, 1.54) is 37.3 Å². The molecule has 4 nitrogen and oxygen atoms in total. The number of carbonyl (C=O) groups is 2. The van der Waals surface area contributed by atoms with Crippen LogP contribution in [0.1, 0.15) is 12.5 Å². The zero-order valence-corrected chi connectivity index (χ0v) is 9.99. The van der Waals surface area contributed by atoms with E-state index in [0.29, 0.717) is 4.90 Å². The molecule has 7 heteroatoms. The Bertz CT molecular complexity index is 515. The summed E-state index contributed by atoms with van der Waals surface area (Å²) in [6, 6.07) is 5.61. The van der Waals surface area contributed by atoms with Crippen LogP contribution in [-0.4, -0.2) is 29.6 Å². The normalized spacial score (nSPS) is 23.7. The van der Waals surface area contributed by atoms with Gasteiger partial charge in [-0.25, -0.2) is 4.79 Å². The summed E-state index contributed by atoms with van der Waals surface area (Å²) >= 11 is 0. The van der Waals surface area contributed by atoms with Gasteiger partial charge in [0, 0.05) is 6.54 Å². The van der Waals surface area contributed by atoms with Crippen molar-refractivity contribution in [1.82, 2.24) is 10.2 Å². The van der Waals surface area contributed by atoms with Crippen LogP contribution in [-0.2, 0) is 10.3 Å². The van der Waals surface area contributed by atoms with Crippen LogP contribution < -0.4 is 5.32 Å². The van der Waals surface area contributed by atoms with Gasteiger partial charge in [-0.1, -0.05) is 30.3 Å². The zero-order chi connectivity index (χ0) is 14.3. The topological polar surface area (TPSA) is 49.4 Å². The van der Waals surface area contributed by atoms with E-state index in [4.69, 9.17) is 0 Å². The van der Waals surface area contributed by atoms with E-state index in [1.807, 2.05) is 0 Å². The summed E-state index contributed by atoms with van der Waals surface area (Å²) < 4.78 is 40.1. The smallest absolute Gasteiger partial charge is 0.312 e. The van der Waals surface area contributed by atoms with Gasteiger partial charge in [-0.3, -0.25) is 9.69 Å². The molecule has 1 atom stereocenters. The lowest BCUT2D eigenvalue weighted by Gasteiger charge is -2.29. The molecule has 1 unspecified atom stereocenters. The SMILES string of the molecule is CCN1C(=O)NC(c2ccccc2)(C(F)(F)F)C1=O. The Balaban J connectivity index is 2.63. The van der Waals surface area contributed by atoms with Gasteiger partial charge >= 0.3 is 12.2 Å². The quantitative estimate of drug-likeness (QED) is 0.837. The standard InChI is InChI=1S/C12H11F3N2O2/c1-2-17-9(18)11(12(13,14)15,16-10(17)19)8-6-4-3-5-7-8/h3-7H,2H2,1H3,(H,16,19). The third-order valence-electron chi connectivity index (χ3n) is 3.05. The van der Waals surface area contributed by atoms with Crippen LogP contribution >= 0.6 is 0 Å². The number of alkyl halides is 3. The molecular weight excluding hydrogens is 261 g/mol. The molecule has 0 bridgehead atoms. The molecule has 1 aromatic carbocycles. The fraction of sp³-hybridized carbons (Fsp3) is 0.333. The highest BCUT2D eigenvalue weighted by atomic mass is 19.4. The van der Waals surface area contributed by atoms with E-state index in [1.54, 1.807) is 5.32 Å². The Morgan fingerprint density at radius 3 is 2.21 bits per heavy atom. The second kappa shape index (κ2) is 4.25. The number of benzene rings is 1. The van der Waals surface area contributed by atoms with E-state index in [-0.39, 0.29) is 12.1 Å². The molecule has 0 radical (unpaired) electrons. The van der Waals surface area contributed by atoms with Crippen LogP contribution in [0.3, 0.4) is 0 Å². The molecule has 2 rings (SSSR count). The van der Waals surface area contributed by atoms with Crippen molar-refractivity contribution < 1.29 is 22.8 Å². The Morgan fingerprint density at radius 2 is 1.79 bits per heavy atom. The minimum atomic E-state index is -4.91. The molecule has 0 aliphatic carbocycles. The average Bonchev–Trinajstić information content (AvgIpc) is 2.62. The van der Waals surface area contributed by atoms with Gasteiger partial charge in [0.1, 0.15) is 0 Å². The van der Waals surface area contributed by atoms with Crippen LogP contribution in [0.5, 0.6) is 0 Å². The van der Waals surface area contributed by atoms with E-state index in [9.17, 15) is 22.8 Å². The number of urea groups is 1. The van der Waals surface area contributed by atoms with Crippen LogP contribution in [0.2, 0.25) is 0 Å². The number of hydrogen-bond acceptors (Lipinski definition) is 2. The highest BCUT2D eigenvalue weighted by Gasteiger charge is 2.68. The zero-order valence-electron chi connectivity index (χ0n) is 9.99. The summed E-state index contributed by atoms with van der Waals surface area (Å²) in [7, 11) is 0. The number of nitrogens with one attached hydrogen (secondary N) is 1. The summed E-state index contributed by atoms with van der Waals surface area (Å²) in [5, 5.41) is 1.79. The monoisotopic (exact) mass is 272 g/mol. The third-order valence-corrected chi connectivity index (χ3v) is 3.05. The largest absolute Gasteiger partial charge is 0.425 e. The summed E-state index contributed by atoms with van der Waals surface area (Å²) in [6.07, 6.45) is -4.91. The van der Waals surface area contributed by atoms with Gasteiger partial charge in [0.15, 0.2) is 0 Å². The fourth-order valence-corrected chi connectivity index (χ4v) is 2.10.